The van der Waals surface area contributed by atoms with Crippen molar-refractivity contribution in [3.05, 3.63) is 12.7 Å². The van der Waals surface area contributed by atoms with E-state index in [1.54, 1.807) is 0 Å². The van der Waals surface area contributed by atoms with Crippen LogP contribution in [0.1, 0.15) is 13.3 Å². The lowest BCUT2D eigenvalue weighted by Gasteiger charge is -2.16. The molecule has 0 saturated carbocycles. The Morgan fingerprint density at radius 1 is 1.88 bits per heavy atom. The summed E-state index contributed by atoms with van der Waals surface area (Å²) in [4.78, 5) is 0.00791. The first-order valence-corrected chi connectivity index (χ1v) is 4.71. The Kier molecular flexibility index (Phi) is 3.41. The Morgan fingerprint density at radius 2 is 2.38 bits per heavy atom. The third kappa shape index (κ3) is 3.27. The van der Waals surface area contributed by atoms with Gasteiger partial charge in [0.15, 0.2) is 0 Å². The predicted molar refractivity (Wildman–Crippen MR) is 43.8 cm³/mol. The molecule has 0 bridgehead atoms. The second kappa shape index (κ2) is 3.31. The standard InChI is InChI=1S/C6H13ClSi/c1-3-4-6(2,7)5-8/h3H,1,4-5H2,2,8H3. The zero-order valence-electron chi connectivity index (χ0n) is 5.58. The van der Waals surface area contributed by atoms with Gasteiger partial charge in [0.05, 0.1) is 0 Å². The van der Waals surface area contributed by atoms with Gasteiger partial charge >= 0.3 is 0 Å². The summed E-state index contributed by atoms with van der Waals surface area (Å²) in [5.74, 6) is 0. The number of halogens is 1. The lowest BCUT2D eigenvalue weighted by Crippen LogP contribution is -2.13. The molecule has 0 radical (unpaired) electrons. The fourth-order valence-corrected chi connectivity index (χ4v) is 0.843. The molecule has 0 aliphatic heterocycles. The molecule has 0 amide bonds. The maximum absolute atomic E-state index is 5.98. The lowest BCUT2D eigenvalue weighted by molar-refractivity contribution is 0.711. The molecule has 0 rings (SSSR count). The summed E-state index contributed by atoms with van der Waals surface area (Å²) in [6, 6.07) is 1.14. The SMILES string of the molecule is C=CCC(C)(Cl)C[SiH3]. The number of alkyl halides is 1. The van der Waals surface area contributed by atoms with Crippen LogP contribution < -0.4 is 0 Å². The van der Waals surface area contributed by atoms with Crippen molar-refractivity contribution in [3.63, 3.8) is 0 Å². The second-order valence-corrected chi connectivity index (χ2v) is 3.88. The third-order valence-electron chi connectivity index (χ3n) is 1.31. The van der Waals surface area contributed by atoms with Crippen molar-refractivity contribution >= 4 is 21.8 Å². The zero-order valence-corrected chi connectivity index (χ0v) is 8.33. The van der Waals surface area contributed by atoms with Crippen molar-refractivity contribution in [2.75, 3.05) is 0 Å². The topological polar surface area (TPSA) is 0 Å². The van der Waals surface area contributed by atoms with Crippen LogP contribution in [0.3, 0.4) is 0 Å². The van der Waals surface area contributed by atoms with Crippen LogP contribution in [0.15, 0.2) is 12.7 Å². The average Bonchev–Trinajstić information content (AvgIpc) is 1.67. The van der Waals surface area contributed by atoms with Gasteiger partial charge in [-0.15, -0.1) is 18.2 Å². The van der Waals surface area contributed by atoms with E-state index >= 15 is 0 Å². The van der Waals surface area contributed by atoms with Gasteiger partial charge in [-0.25, -0.2) is 0 Å². The Balaban J connectivity index is 3.53. The summed E-state index contributed by atoms with van der Waals surface area (Å²) in [5.41, 5.74) is 0. The van der Waals surface area contributed by atoms with Gasteiger partial charge in [-0.1, -0.05) is 6.08 Å². The van der Waals surface area contributed by atoms with E-state index in [9.17, 15) is 0 Å². The van der Waals surface area contributed by atoms with Crippen molar-refractivity contribution in [1.82, 2.24) is 0 Å². The lowest BCUT2D eigenvalue weighted by atomic mass is 10.1. The van der Waals surface area contributed by atoms with Crippen LogP contribution in [-0.4, -0.2) is 15.1 Å². The molecule has 0 aliphatic carbocycles. The van der Waals surface area contributed by atoms with Crippen LogP contribution in [-0.2, 0) is 0 Å². The molecule has 0 saturated heterocycles. The van der Waals surface area contributed by atoms with Crippen LogP contribution in [0.25, 0.3) is 0 Å². The quantitative estimate of drug-likeness (QED) is 0.322. The molecule has 8 heavy (non-hydrogen) atoms. The summed E-state index contributed by atoms with van der Waals surface area (Å²) in [6.07, 6.45) is 2.81. The number of rotatable bonds is 3. The van der Waals surface area contributed by atoms with Crippen LogP contribution in [0.5, 0.6) is 0 Å². The minimum Gasteiger partial charge on any atom is -0.120 e. The van der Waals surface area contributed by atoms with Crippen molar-refractivity contribution in [3.8, 4) is 0 Å². The maximum atomic E-state index is 5.98. The van der Waals surface area contributed by atoms with E-state index in [0.29, 0.717) is 0 Å². The van der Waals surface area contributed by atoms with Gasteiger partial charge in [0.2, 0.25) is 0 Å². The molecule has 0 aromatic rings. The third-order valence-corrected chi connectivity index (χ3v) is 3.74. The molecular weight excluding hydrogens is 136 g/mol. The van der Waals surface area contributed by atoms with Gasteiger partial charge in [-0.3, -0.25) is 0 Å². The summed E-state index contributed by atoms with van der Waals surface area (Å²) in [7, 11) is 1.18. The Morgan fingerprint density at radius 3 is 2.50 bits per heavy atom. The monoisotopic (exact) mass is 148 g/mol. The first-order valence-electron chi connectivity index (χ1n) is 2.92. The molecule has 48 valence electrons. The van der Waals surface area contributed by atoms with Crippen LogP contribution in [0, 0.1) is 0 Å². The highest BCUT2D eigenvalue weighted by atomic mass is 35.5. The van der Waals surface area contributed by atoms with Crippen LogP contribution in [0.4, 0.5) is 0 Å². The zero-order chi connectivity index (χ0) is 6.62. The van der Waals surface area contributed by atoms with Crippen LogP contribution >= 0.6 is 11.6 Å². The van der Waals surface area contributed by atoms with Crippen molar-refractivity contribution in [2.24, 2.45) is 0 Å². The first kappa shape index (κ1) is 8.25. The van der Waals surface area contributed by atoms with E-state index in [1.807, 2.05) is 6.08 Å². The molecule has 0 heterocycles. The van der Waals surface area contributed by atoms with Crippen molar-refractivity contribution in [2.45, 2.75) is 24.3 Å². The fraction of sp³-hybridized carbons (Fsp3) is 0.667. The number of allylic oxidation sites excluding steroid dienone is 1. The highest BCUT2D eigenvalue weighted by Crippen LogP contribution is 2.22. The summed E-state index contributed by atoms with van der Waals surface area (Å²) in [6.45, 7) is 5.68. The van der Waals surface area contributed by atoms with E-state index in [0.717, 1.165) is 12.5 Å². The maximum Gasteiger partial charge on any atom is 0.0421 e. The summed E-state index contributed by atoms with van der Waals surface area (Å²) in [5, 5.41) is 0. The average molecular weight is 149 g/mol. The van der Waals surface area contributed by atoms with Gasteiger partial charge in [-0.2, -0.15) is 0 Å². The Bertz CT molecular complexity index is 78.6. The minimum atomic E-state index is 0.00791. The fourth-order valence-electron chi connectivity index (χ4n) is 0.445. The van der Waals surface area contributed by atoms with E-state index in [4.69, 9.17) is 11.6 Å². The van der Waals surface area contributed by atoms with Gasteiger partial charge < -0.3 is 0 Å². The summed E-state index contributed by atoms with van der Waals surface area (Å²) < 4.78 is 0. The molecule has 0 fully saturated rings. The molecule has 0 nitrogen and oxygen atoms in total. The van der Waals surface area contributed by atoms with Crippen molar-refractivity contribution < 1.29 is 0 Å². The van der Waals surface area contributed by atoms with E-state index in [1.165, 1.54) is 10.2 Å². The van der Waals surface area contributed by atoms with E-state index in [2.05, 4.69) is 13.5 Å². The predicted octanol–water partition coefficient (Wildman–Crippen LogP) is 1.34. The smallest absolute Gasteiger partial charge is 0.0421 e. The molecule has 0 aromatic carbocycles. The Hall–Kier alpha value is 0.247. The Labute approximate surface area is 59.3 Å². The molecule has 1 unspecified atom stereocenters. The van der Waals surface area contributed by atoms with Gasteiger partial charge in [0.25, 0.3) is 0 Å². The molecule has 0 spiro atoms. The highest BCUT2D eigenvalue weighted by molar-refractivity contribution is 6.28. The molecule has 0 aliphatic rings. The molecule has 2 heteroatoms. The molecule has 0 N–H and O–H groups in total. The number of hydrogen-bond acceptors (Lipinski definition) is 0. The second-order valence-electron chi connectivity index (χ2n) is 2.26. The van der Waals surface area contributed by atoms with E-state index < -0.39 is 0 Å². The largest absolute Gasteiger partial charge is 0.120 e. The van der Waals surface area contributed by atoms with Crippen molar-refractivity contribution in [1.29, 1.82) is 0 Å². The normalized spacial score (nSPS) is 17.8. The van der Waals surface area contributed by atoms with Crippen LogP contribution in [0.2, 0.25) is 6.04 Å². The van der Waals surface area contributed by atoms with Gasteiger partial charge in [-0.05, 0) is 19.4 Å². The molecule has 0 aromatic heterocycles. The molecule has 1 atom stereocenters. The summed E-state index contributed by atoms with van der Waals surface area (Å²) >= 11 is 5.98. The first-order chi connectivity index (χ1) is 3.62. The van der Waals surface area contributed by atoms with E-state index in [-0.39, 0.29) is 4.87 Å². The van der Waals surface area contributed by atoms with Gasteiger partial charge in [0, 0.05) is 15.1 Å². The highest BCUT2D eigenvalue weighted by Gasteiger charge is 2.14. The van der Waals surface area contributed by atoms with Gasteiger partial charge in [0.1, 0.15) is 0 Å². The number of hydrogen-bond donors (Lipinski definition) is 0. The molecular formula is C6H13ClSi. The minimum absolute atomic E-state index is 0.00791.